The van der Waals surface area contributed by atoms with E-state index < -0.39 is 42.7 Å². The number of fused-ring (bicyclic) bond motifs is 2. The molecule has 0 aliphatic heterocycles. The summed E-state index contributed by atoms with van der Waals surface area (Å²) >= 11 is 1.19. The summed E-state index contributed by atoms with van der Waals surface area (Å²) in [4.78, 5) is 17.9. The van der Waals surface area contributed by atoms with Gasteiger partial charge in [0.05, 0.1) is 36.9 Å². The molecule has 7 nitrogen and oxygen atoms in total. The van der Waals surface area contributed by atoms with E-state index in [4.69, 9.17) is 9.47 Å². The van der Waals surface area contributed by atoms with Crippen molar-refractivity contribution < 1.29 is 27.8 Å². The van der Waals surface area contributed by atoms with Crippen LogP contribution in [0, 0.1) is 12.7 Å². The van der Waals surface area contributed by atoms with Gasteiger partial charge < -0.3 is 14.6 Å². The zero-order valence-electron chi connectivity index (χ0n) is 17.7. The average Bonchev–Trinajstić information content (AvgIpc) is 3.17. The minimum absolute atomic E-state index is 0.126. The number of nitrogens with zero attached hydrogens (tertiary/aromatic N) is 4. The number of alkyl halides is 2. The SMILES string of the molecule is COc1cnc2c(-c3nc4cc(F)c(O[C@H]5CC(F)(F)CC[C@H]5O)nc4s3)cc(C)cc2n1. The van der Waals surface area contributed by atoms with Gasteiger partial charge in [-0.05, 0) is 31.0 Å². The molecule has 1 aliphatic carbocycles. The van der Waals surface area contributed by atoms with Crippen LogP contribution >= 0.6 is 11.3 Å². The third-order valence-electron chi connectivity index (χ3n) is 5.51. The maximum atomic E-state index is 14.7. The number of hydrogen-bond donors (Lipinski definition) is 1. The van der Waals surface area contributed by atoms with E-state index in [-0.39, 0.29) is 6.42 Å². The Kier molecular flexibility index (Phi) is 5.32. The first-order valence-electron chi connectivity index (χ1n) is 10.2. The molecular formula is C22H19F3N4O3S. The summed E-state index contributed by atoms with van der Waals surface area (Å²) in [6.07, 6.45) is -2.11. The van der Waals surface area contributed by atoms with Crippen molar-refractivity contribution in [3.05, 3.63) is 35.8 Å². The minimum atomic E-state index is -2.97. The number of aliphatic hydroxyl groups excluding tert-OH is 1. The standard InChI is InChI=1S/C22H19F3N4O3S/c1-10-5-11(18-13(6-10)27-17(31-2)9-26-18)20-28-14-7-12(23)19(29-21(14)33-20)32-16-8-22(24,25)4-3-15(16)30/h5-7,9,15-16,30H,3-4,8H2,1-2H3/t15-,16+/m1/s1. The summed E-state index contributed by atoms with van der Waals surface area (Å²) in [6, 6.07) is 4.92. The van der Waals surface area contributed by atoms with E-state index in [9.17, 15) is 18.3 Å². The molecule has 1 fully saturated rings. The van der Waals surface area contributed by atoms with Crippen LogP contribution in [0.25, 0.3) is 32.0 Å². The molecule has 11 heteroatoms. The number of aromatic nitrogens is 4. The second kappa shape index (κ2) is 8.07. The topological polar surface area (TPSA) is 90.3 Å². The normalized spacial score (nSPS) is 20.3. The molecule has 0 spiro atoms. The molecule has 0 saturated heterocycles. The van der Waals surface area contributed by atoms with Crippen LogP contribution < -0.4 is 9.47 Å². The Morgan fingerprint density at radius 1 is 1.15 bits per heavy atom. The number of aliphatic hydroxyl groups is 1. The summed E-state index contributed by atoms with van der Waals surface area (Å²) in [5, 5.41) is 10.6. The fourth-order valence-electron chi connectivity index (χ4n) is 3.87. The van der Waals surface area contributed by atoms with Crippen LogP contribution in [-0.4, -0.2) is 50.3 Å². The smallest absolute Gasteiger partial charge is 0.252 e. The van der Waals surface area contributed by atoms with Gasteiger partial charge in [-0.25, -0.2) is 28.1 Å². The minimum Gasteiger partial charge on any atom is -0.480 e. The zero-order valence-corrected chi connectivity index (χ0v) is 18.5. The third-order valence-corrected chi connectivity index (χ3v) is 6.51. The number of benzene rings is 1. The number of rotatable bonds is 4. The first-order valence-corrected chi connectivity index (χ1v) is 11.1. The Labute approximate surface area is 190 Å². The molecular weight excluding hydrogens is 457 g/mol. The van der Waals surface area contributed by atoms with Crippen molar-refractivity contribution in [3.8, 4) is 22.3 Å². The highest BCUT2D eigenvalue weighted by molar-refractivity contribution is 7.21. The van der Waals surface area contributed by atoms with Crippen LogP contribution in [-0.2, 0) is 0 Å². The molecule has 3 heterocycles. The first-order chi connectivity index (χ1) is 15.7. The van der Waals surface area contributed by atoms with Crippen molar-refractivity contribution in [1.82, 2.24) is 19.9 Å². The quantitative estimate of drug-likeness (QED) is 0.457. The van der Waals surface area contributed by atoms with Gasteiger partial charge in [0.1, 0.15) is 21.5 Å². The maximum absolute atomic E-state index is 14.7. The van der Waals surface area contributed by atoms with Crippen molar-refractivity contribution in [2.24, 2.45) is 0 Å². The average molecular weight is 476 g/mol. The van der Waals surface area contributed by atoms with Gasteiger partial charge >= 0.3 is 0 Å². The number of halogens is 3. The highest BCUT2D eigenvalue weighted by Gasteiger charge is 2.42. The van der Waals surface area contributed by atoms with Gasteiger partial charge in [-0.2, -0.15) is 4.98 Å². The number of methoxy groups -OCH3 is 1. The molecule has 0 bridgehead atoms. The second-order valence-corrected chi connectivity index (χ2v) is 9.01. The lowest BCUT2D eigenvalue weighted by Gasteiger charge is -2.32. The highest BCUT2D eigenvalue weighted by Crippen LogP contribution is 2.38. The fraction of sp³-hybridized carbons (Fsp3) is 0.364. The summed E-state index contributed by atoms with van der Waals surface area (Å²) in [7, 11) is 1.51. The number of aryl methyl sites for hydroxylation is 1. The molecule has 0 unspecified atom stereocenters. The molecule has 172 valence electrons. The fourth-order valence-corrected chi connectivity index (χ4v) is 4.80. The number of thiazole rings is 1. The largest absolute Gasteiger partial charge is 0.480 e. The molecule has 0 radical (unpaired) electrons. The molecule has 1 N–H and O–H groups in total. The van der Waals surface area contributed by atoms with Crippen molar-refractivity contribution in [2.75, 3.05) is 7.11 Å². The van der Waals surface area contributed by atoms with E-state index in [1.807, 2.05) is 19.1 Å². The van der Waals surface area contributed by atoms with Crippen LogP contribution in [0.1, 0.15) is 24.8 Å². The van der Waals surface area contributed by atoms with E-state index >= 15 is 0 Å². The predicted octanol–water partition coefficient (Wildman–Crippen LogP) is 4.69. The van der Waals surface area contributed by atoms with E-state index in [0.717, 1.165) is 11.6 Å². The van der Waals surface area contributed by atoms with Crippen LogP contribution in [0.3, 0.4) is 0 Å². The molecule has 4 aromatic rings. The monoisotopic (exact) mass is 476 g/mol. The van der Waals surface area contributed by atoms with Crippen LogP contribution in [0.4, 0.5) is 13.2 Å². The molecule has 2 atom stereocenters. The van der Waals surface area contributed by atoms with Gasteiger partial charge in [-0.1, -0.05) is 11.3 Å². The Balaban J connectivity index is 1.54. The Morgan fingerprint density at radius 3 is 2.76 bits per heavy atom. The Morgan fingerprint density at radius 2 is 1.97 bits per heavy atom. The zero-order chi connectivity index (χ0) is 23.3. The lowest BCUT2D eigenvalue weighted by Crippen LogP contribution is -2.43. The highest BCUT2D eigenvalue weighted by atomic mass is 32.1. The van der Waals surface area contributed by atoms with Crippen LogP contribution in [0.2, 0.25) is 0 Å². The van der Waals surface area contributed by atoms with Crippen molar-refractivity contribution in [1.29, 1.82) is 0 Å². The van der Waals surface area contributed by atoms with Gasteiger partial charge in [-0.3, -0.25) is 0 Å². The van der Waals surface area contributed by atoms with Crippen molar-refractivity contribution >= 4 is 32.7 Å². The summed E-state index contributed by atoms with van der Waals surface area (Å²) in [6.45, 7) is 1.91. The Hall–Kier alpha value is -3.05. The summed E-state index contributed by atoms with van der Waals surface area (Å²) < 4.78 is 52.7. The molecule has 1 aliphatic rings. The van der Waals surface area contributed by atoms with E-state index in [1.54, 1.807) is 0 Å². The summed E-state index contributed by atoms with van der Waals surface area (Å²) in [5.41, 5.74) is 3.15. The van der Waals surface area contributed by atoms with Crippen LogP contribution in [0.15, 0.2) is 24.4 Å². The van der Waals surface area contributed by atoms with Gasteiger partial charge in [0, 0.05) is 18.1 Å². The van der Waals surface area contributed by atoms with Crippen molar-refractivity contribution in [2.45, 2.75) is 44.3 Å². The molecule has 3 aromatic heterocycles. The van der Waals surface area contributed by atoms with Gasteiger partial charge in [0.2, 0.25) is 5.88 Å². The van der Waals surface area contributed by atoms with E-state index in [0.29, 0.717) is 37.8 Å². The van der Waals surface area contributed by atoms with Gasteiger partial charge in [-0.15, -0.1) is 0 Å². The lowest BCUT2D eigenvalue weighted by atomic mass is 9.91. The first kappa shape index (κ1) is 21.8. The molecule has 0 amide bonds. The van der Waals surface area contributed by atoms with Crippen LogP contribution in [0.5, 0.6) is 11.8 Å². The van der Waals surface area contributed by atoms with E-state index in [2.05, 4.69) is 19.9 Å². The molecule has 1 saturated carbocycles. The molecule has 33 heavy (non-hydrogen) atoms. The molecule has 1 aromatic carbocycles. The summed E-state index contributed by atoms with van der Waals surface area (Å²) in [5.74, 6) is -3.86. The third kappa shape index (κ3) is 4.18. The lowest BCUT2D eigenvalue weighted by molar-refractivity contribution is -0.114. The van der Waals surface area contributed by atoms with E-state index in [1.165, 1.54) is 24.6 Å². The number of pyridine rings is 1. The maximum Gasteiger partial charge on any atom is 0.252 e. The number of ether oxygens (including phenoxy) is 2. The Bertz CT molecular complexity index is 1360. The number of hydrogen-bond acceptors (Lipinski definition) is 8. The van der Waals surface area contributed by atoms with Gasteiger partial charge in [0.25, 0.3) is 11.8 Å². The van der Waals surface area contributed by atoms with Gasteiger partial charge in [0.15, 0.2) is 5.82 Å². The predicted molar refractivity (Wildman–Crippen MR) is 116 cm³/mol. The molecule has 5 rings (SSSR count). The second-order valence-electron chi connectivity index (χ2n) is 8.03. The van der Waals surface area contributed by atoms with Crippen molar-refractivity contribution in [3.63, 3.8) is 0 Å².